The van der Waals surface area contributed by atoms with Crippen molar-refractivity contribution in [1.82, 2.24) is 10.2 Å². The number of carboxylic acids is 1. The molecule has 1 rings (SSSR count). The molecular formula is C11H20N2O4. The summed E-state index contributed by atoms with van der Waals surface area (Å²) in [6, 6.07) is -0.574. The normalized spacial score (nSPS) is 22.7. The van der Waals surface area contributed by atoms with Gasteiger partial charge >= 0.3 is 12.0 Å². The van der Waals surface area contributed by atoms with Gasteiger partial charge in [0.2, 0.25) is 0 Å². The molecule has 0 bridgehead atoms. The number of aliphatic carboxylic acids is 1. The summed E-state index contributed by atoms with van der Waals surface area (Å²) >= 11 is 0. The molecule has 2 unspecified atom stereocenters. The van der Waals surface area contributed by atoms with Crippen LogP contribution in [-0.4, -0.2) is 53.8 Å². The smallest absolute Gasteiger partial charge is 0.317 e. The number of rotatable bonds is 3. The van der Waals surface area contributed by atoms with Gasteiger partial charge in [-0.15, -0.1) is 0 Å². The van der Waals surface area contributed by atoms with Crippen molar-refractivity contribution in [2.75, 3.05) is 19.7 Å². The van der Waals surface area contributed by atoms with E-state index >= 15 is 0 Å². The summed E-state index contributed by atoms with van der Waals surface area (Å²) in [5.41, 5.74) is 0. The first-order chi connectivity index (χ1) is 7.99. The lowest BCUT2D eigenvalue weighted by Crippen LogP contribution is -2.46. The molecule has 1 fully saturated rings. The molecule has 2 amide bonds. The lowest BCUT2D eigenvalue weighted by molar-refractivity contribution is -0.137. The number of ether oxygens (including phenoxy) is 1. The Labute approximate surface area is 101 Å². The maximum absolute atomic E-state index is 11.9. The van der Waals surface area contributed by atoms with Gasteiger partial charge in [-0.2, -0.15) is 0 Å². The standard InChI is InChI=1S/C11H20N2O4/c1-8(6-10(14)15)12-11(16)13-4-3-5-17-9(2)7-13/h8-9H,3-7H2,1-2H3,(H,12,16)(H,14,15). The molecule has 1 saturated heterocycles. The van der Waals surface area contributed by atoms with Crippen LogP contribution in [-0.2, 0) is 9.53 Å². The van der Waals surface area contributed by atoms with E-state index in [1.165, 1.54) is 0 Å². The Morgan fingerprint density at radius 1 is 1.59 bits per heavy atom. The number of amides is 2. The molecule has 0 aliphatic carbocycles. The Morgan fingerprint density at radius 2 is 2.29 bits per heavy atom. The summed E-state index contributed by atoms with van der Waals surface area (Å²) in [5, 5.41) is 11.3. The molecule has 98 valence electrons. The van der Waals surface area contributed by atoms with Crippen LogP contribution in [0.5, 0.6) is 0 Å². The fraction of sp³-hybridized carbons (Fsp3) is 0.818. The summed E-state index contributed by atoms with van der Waals surface area (Å²) in [6.45, 7) is 5.47. The van der Waals surface area contributed by atoms with E-state index in [2.05, 4.69) is 5.32 Å². The van der Waals surface area contributed by atoms with Crippen LogP contribution in [0.1, 0.15) is 26.7 Å². The molecule has 0 spiro atoms. The molecule has 17 heavy (non-hydrogen) atoms. The number of carboxylic acid groups (broad SMARTS) is 1. The van der Waals surface area contributed by atoms with E-state index < -0.39 is 5.97 Å². The molecule has 1 aliphatic heterocycles. The molecule has 2 N–H and O–H groups in total. The molecule has 0 saturated carbocycles. The number of hydrogen-bond donors (Lipinski definition) is 2. The van der Waals surface area contributed by atoms with E-state index in [-0.39, 0.29) is 24.6 Å². The highest BCUT2D eigenvalue weighted by Gasteiger charge is 2.21. The van der Waals surface area contributed by atoms with Gasteiger partial charge in [0.1, 0.15) is 0 Å². The Balaban J connectivity index is 2.42. The molecular weight excluding hydrogens is 224 g/mol. The SMILES string of the molecule is CC(CC(=O)O)NC(=O)N1CCCOC(C)C1. The average molecular weight is 244 g/mol. The van der Waals surface area contributed by atoms with Gasteiger partial charge in [-0.3, -0.25) is 4.79 Å². The third kappa shape index (κ3) is 5.04. The summed E-state index contributed by atoms with van der Waals surface area (Å²) in [6.07, 6.45) is 0.773. The van der Waals surface area contributed by atoms with Crippen molar-refractivity contribution in [1.29, 1.82) is 0 Å². The van der Waals surface area contributed by atoms with Crippen LogP contribution in [0.2, 0.25) is 0 Å². The molecule has 6 nitrogen and oxygen atoms in total. The van der Waals surface area contributed by atoms with E-state index in [0.717, 1.165) is 6.42 Å². The number of carbonyl (C=O) groups excluding carboxylic acids is 1. The second-order valence-electron chi connectivity index (χ2n) is 4.43. The maximum atomic E-state index is 11.9. The zero-order valence-electron chi connectivity index (χ0n) is 10.3. The fourth-order valence-corrected chi connectivity index (χ4v) is 1.79. The predicted molar refractivity (Wildman–Crippen MR) is 61.9 cm³/mol. The number of nitrogens with one attached hydrogen (secondary N) is 1. The van der Waals surface area contributed by atoms with Gasteiger partial charge in [0.15, 0.2) is 0 Å². The zero-order chi connectivity index (χ0) is 12.8. The number of urea groups is 1. The Kier molecular flexibility index (Phi) is 5.21. The van der Waals surface area contributed by atoms with Gasteiger partial charge in [0.25, 0.3) is 0 Å². The van der Waals surface area contributed by atoms with Crippen LogP contribution >= 0.6 is 0 Å². The minimum atomic E-state index is -0.912. The fourth-order valence-electron chi connectivity index (χ4n) is 1.79. The molecule has 0 radical (unpaired) electrons. The van der Waals surface area contributed by atoms with Crippen LogP contribution in [0.15, 0.2) is 0 Å². The van der Waals surface area contributed by atoms with E-state index in [9.17, 15) is 9.59 Å². The highest BCUT2D eigenvalue weighted by molar-refractivity contribution is 5.75. The monoisotopic (exact) mass is 244 g/mol. The quantitative estimate of drug-likeness (QED) is 0.764. The molecule has 0 aromatic heterocycles. The number of nitrogens with zero attached hydrogens (tertiary/aromatic N) is 1. The van der Waals surface area contributed by atoms with Gasteiger partial charge in [0, 0.05) is 25.7 Å². The van der Waals surface area contributed by atoms with E-state index in [4.69, 9.17) is 9.84 Å². The number of hydrogen-bond acceptors (Lipinski definition) is 3. The summed E-state index contributed by atoms with van der Waals surface area (Å²) < 4.78 is 5.44. The summed E-state index contributed by atoms with van der Waals surface area (Å²) in [5.74, 6) is -0.912. The molecule has 2 atom stereocenters. The van der Waals surface area contributed by atoms with Crippen LogP contribution in [0.25, 0.3) is 0 Å². The Bertz CT molecular complexity index is 283. The van der Waals surface area contributed by atoms with Gasteiger partial charge < -0.3 is 20.1 Å². The molecule has 0 aromatic rings. The van der Waals surface area contributed by atoms with Crippen molar-refractivity contribution in [3.63, 3.8) is 0 Å². The van der Waals surface area contributed by atoms with Crippen LogP contribution in [0, 0.1) is 0 Å². The average Bonchev–Trinajstić information content (AvgIpc) is 2.41. The zero-order valence-corrected chi connectivity index (χ0v) is 10.3. The van der Waals surface area contributed by atoms with E-state index in [1.807, 2.05) is 6.92 Å². The first kappa shape index (κ1) is 13.8. The van der Waals surface area contributed by atoms with E-state index in [1.54, 1.807) is 11.8 Å². The largest absolute Gasteiger partial charge is 0.481 e. The molecule has 1 heterocycles. The third-order valence-corrected chi connectivity index (χ3v) is 2.59. The topological polar surface area (TPSA) is 78.9 Å². The lowest BCUT2D eigenvalue weighted by Gasteiger charge is -2.24. The maximum Gasteiger partial charge on any atom is 0.317 e. The van der Waals surface area contributed by atoms with Crippen molar-refractivity contribution in [2.24, 2.45) is 0 Å². The highest BCUT2D eigenvalue weighted by atomic mass is 16.5. The van der Waals surface area contributed by atoms with Crippen molar-refractivity contribution in [3.8, 4) is 0 Å². The van der Waals surface area contributed by atoms with Crippen molar-refractivity contribution >= 4 is 12.0 Å². The third-order valence-electron chi connectivity index (χ3n) is 2.59. The van der Waals surface area contributed by atoms with Crippen LogP contribution in [0.3, 0.4) is 0 Å². The first-order valence-corrected chi connectivity index (χ1v) is 5.88. The van der Waals surface area contributed by atoms with Crippen molar-refractivity contribution in [2.45, 2.75) is 38.8 Å². The highest BCUT2D eigenvalue weighted by Crippen LogP contribution is 2.06. The Morgan fingerprint density at radius 3 is 2.94 bits per heavy atom. The summed E-state index contributed by atoms with van der Waals surface area (Å²) in [7, 11) is 0. The first-order valence-electron chi connectivity index (χ1n) is 5.88. The van der Waals surface area contributed by atoms with Gasteiger partial charge in [-0.05, 0) is 20.3 Å². The lowest BCUT2D eigenvalue weighted by atomic mass is 10.2. The van der Waals surface area contributed by atoms with Crippen LogP contribution < -0.4 is 5.32 Å². The van der Waals surface area contributed by atoms with Crippen molar-refractivity contribution < 1.29 is 19.4 Å². The second kappa shape index (κ2) is 6.44. The second-order valence-corrected chi connectivity index (χ2v) is 4.43. The minimum absolute atomic E-state index is 0.0260. The predicted octanol–water partition coefficient (Wildman–Crippen LogP) is 0.670. The Hall–Kier alpha value is -1.30. The molecule has 0 aromatic carbocycles. The van der Waals surface area contributed by atoms with Crippen molar-refractivity contribution in [3.05, 3.63) is 0 Å². The van der Waals surface area contributed by atoms with Gasteiger partial charge in [-0.1, -0.05) is 0 Å². The summed E-state index contributed by atoms with van der Waals surface area (Å²) in [4.78, 5) is 24.0. The number of carbonyl (C=O) groups is 2. The van der Waals surface area contributed by atoms with Gasteiger partial charge in [-0.25, -0.2) is 4.79 Å². The minimum Gasteiger partial charge on any atom is -0.481 e. The van der Waals surface area contributed by atoms with Gasteiger partial charge in [0.05, 0.1) is 12.5 Å². The molecule has 6 heteroatoms. The molecule has 1 aliphatic rings. The van der Waals surface area contributed by atoms with Crippen LogP contribution in [0.4, 0.5) is 4.79 Å². The van der Waals surface area contributed by atoms with E-state index in [0.29, 0.717) is 19.7 Å².